The Morgan fingerprint density at radius 2 is 0.931 bits per heavy atom. The first-order chi connectivity index (χ1) is 12.1. The molecular weight excluding hydrogens is 484 g/mol. The van der Waals surface area contributed by atoms with Crippen molar-refractivity contribution in [2.45, 2.75) is 3.79 Å². The van der Waals surface area contributed by atoms with Crippen molar-refractivity contribution < 1.29 is 109 Å². The molecule has 0 saturated carbocycles. The van der Waals surface area contributed by atoms with Gasteiger partial charge in [0.1, 0.15) is 0 Å². The van der Waals surface area contributed by atoms with Gasteiger partial charge in [-0.25, -0.2) is 4.79 Å². The van der Waals surface area contributed by atoms with Crippen LogP contribution in [0.4, 0.5) is 0 Å². The van der Waals surface area contributed by atoms with Gasteiger partial charge in [0, 0.05) is 26.2 Å². The Balaban J connectivity index is -0.000000298. The molecule has 0 bridgehead atoms. The molecule has 0 atom stereocenters. The van der Waals surface area contributed by atoms with Crippen LogP contribution in [0.3, 0.4) is 0 Å². The maximum atomic E-state index is 10.5. The molecule has 17 heteroatoms. The predicted molar refractivity (Wildman–Crippen MR) is 86.1 cm³/mol. The van der Waals surface area contributed by atoms with Crippen LogP contribution in [0.15, 0.2) is 0 Å². The zero-order valence-electron chi connectivity index (χ0n) is 15.5. The van der Waals surface area contributed by atoms with Crippen LogP contribution in [0.5, 0.6) is 0 Å². The fraction of sp³-hybridized carbons (Fsp3) is 0.583. The zero-order valence-corrected chi connectivity index (χ0v) is 21.7. The van der Waals surface area contributed by atoms with Crippen LogP contribution in [0.2, 0.25) is 0 Å². The number of hydrogen-bond acceptors (Lipinski definition) is 9. The number of carboxylic acids is 5. The van der Waals surface area contributed by atoms with Gasteiger partial charge in [-0.2, -0.15) is 0 Å². The smallest absolute Gasteiger partial charge is 0.549 e. The Labute approximate surface area is 224 Å². The summed E-state index contributed by atoms with van der Waals surface area (Å²) in [7, 11) is 0. The van der Waals surface area contributed by atoms with E-state index in [1.54, 1.807) is 0 Å². The molecule has 0 radical (unpaired) electrons. The number of carboxylic acid groups (broad SMARTS) is 5. The van der Waals surface area contributed by atoms with Crippen molar-refractivity contribution in [2.75, 3.05) is 39.3 Å². The Morgan fingerprint density at radius 3 is 1.10 bits per heavy atom. The Bertz CT molecular complexity index is 495. The summed E-state index contributed by atoms with van der Waals surface area (Å²) in [6.07, 6.45) is 0. The van der Waals surface area contributed by atoms with Gasteiger partial charge in [0.15, 0.2) is 0 Å². The fourth-order valence-corrected chi connectivity index (χ4v) is 1.46. The van der Waals surface area contributed by atoms with Crippen molar-refractivity contribution in [3.8, 4) is 0 Å². The molecule has 0 fully saturated rings. The third kappa shape index (κ3) is 26.1. The van der Waals surface area contributed by atoms with Gasteiger partial charge in [-0.3, -0.25) is 19.4 Å². The van der Waals surface area contributed by atoms with Crippen molar-refractivity contribution in [1.82, 2.24) is 9.80 Å². The van der Waals surface area contributed by atoms with Gasteiger partial charge in [-0.15, -0.1) is 0 Å². The molecule has 0 spiro atoms. The molecule has 0 amide bonds. The maximum Gasteiger partial charge on any atom is 1.00 e. The SMILES string of the molecule is O=C(O)C(Cl)(Cl)Cl.O=C([O-])CN(CCN(CC(=O)O)CC(=O)O)CC(=O)[O-].[Na+].[Na+]. The molecule has 0 unspecified atom stereocenters. The molecule has 3 N–H and O–H groups in total. The Kier molecular flexibility index (Phi) is 23.8. The van der Waals surface area contributed by atoms with Crippen LogP contribution < -0.4 is 69.3 Å². The summed E-state index contributed by atoms with van der Waals surface area (Å²) in [5.74, 6) is -6.98. The number of alkyl halides is 3. The number of aliphatic carboxylic acids is 5. The van der Waals surface area contributed by atoms with Crippen LogP contribution in [0.25, 0.3) is 0 Å². The maximum absolute atomic E-state index is 10.5. The molecule has 0 heterocycles. The summed E-state index contributed by atoms with van der Waals surface area (Å²) in [6, 6.07) is 0. The van der Waals surface area contributed by atoms with Crippen LogP contribution in [-0.2, 0) is 24.0 Å². The van der Waals surface area contributed by atoms with Gasteiger partial charge in [-0.1, -0.05) is 34.8 Å². The second-order valence-corrected chi connectivity index (χ2v) is 7.04. The largest absolute Gasteiger partial charge is 1.00 e. The van der Waals surface area contributed by atoms with E-state index in [4.69, 9.17) is 50.1 Å². The number of hydrogen-bond donors (Lipinski definition) is 3. The average Bonchev–Trinajstić information content (AvgIpc) is 2.41. The van der Waals surface area contributed by atoms with Gasteiger partial charge in [0.25, 0.3) is 3.79 Å². The van der Waals surface area contributed by atoms with E-state index in [1.165, 1.54) is 0 Å². The second-order valence-electron chi connectivity index (χ2n) is 4.76. The van der Waals surface area contributed by atoms with Crippen molar-refractivity contribution in [3.05, 3.63) is 0 Å². The number of carbonyl (C=O) groups excluding carboxylic acids is 2. The topological polar surface area (TPSA) is 199 Å². The van der Waals surface area contributed by atoms with E-state index >= 15 is 0 Å². The summed E-state index contributed by atoms with van der Waals surface area (Å²) in [4.78, 5) is 53.5. The minimum absolute atomic E-state index is 0. The van der Waals surface area contributed by atoms with Crippen molar-refractivity contribution in [1.29, 1.82) is 0 Å². The molecule has 29 heavy (non-hydrogen) atoms. The number of carbonyl (C=O) groups is 5. The first kappa shape index (κ1) is 36.5. The van der Waals surface area contributed by atoms with E-state index in [2.05, 4.69) is 0 Å². The molecule has 0 aromatic rings. The van der Waals surface area contributed by atoms with Crippen molar-refractivity contribution in [3.63, 3.8) is 0 Å². The van der Waals surface area contributed by atoms with Crippen LogP contribution in [-0.4, -0.2) is 98.0 Å². The summed E-state index contributed by atoms with van der Waals surface area (Å²) in [5, 5.41) is 45.9. The Hall–Kier alpha value is 0.140. The first-order valence-electron chi connectivity index (χ1n) is 6.73. The molecule has 156 valence electrons. The minimum atomic E-state index is -2.17. The van der Waals surface area contributed by atoms with E-state index in [0.29, 0.717) is 0 Å². The zero-order chi connectivity index (χ0) is 21.8. The molecule has 12 nitrogen and oxygen atoms in total. The monoisotopic (exact) mass is 498 g/mol. The van der Waals surface area contributed by atoms with E-state index in [1.807, 2.05) is 0 Å². The first-order valence-corrected chi connectivity index (χ1v) is 7.86. The third-order valence-electron chi connectivity index (χ3n) is 2.40. The molecule has 0 aromatic carbocycles. The Morgan fingerprint density at radius 1 is 0.690 bits per heavy atom. The number of nitrogens with zero attached hydrogens (tertiary/aromatic N) is 2. The molecule has 0 aromatic heterocycles. The molecule has 0 aliphatic carbocycles. The number of halogens is 3. The molecule has 0 saturated heterocycles. The molecule has 0 aliphatic rings. The summed E-state index contributed by atoms with van der Waals surface area (Å²) in [5.41, 5.74) is 0. The second kappa shape index (κ2) is 18.9. The van der Waals surface area contributed by atoms with E-state index in [9.17, 15) is 34.2 Å². The molecular formula is C12H15Cl3N2Na2O10. The third-order valence-corrected chi connectivity index (χ3v) is 2.88. The van der Waals surface area contributed by atoms with Crippen LogP contribution in [0, 0.1) is 0 Å². The minimum Gasteiger partial charge on any atom is -0.549 e. The van der Waals surface area contributed by atoms with Gasteiger partial charge < -0.3 is 35.1 Å². The van der Waals surface area contributed by atoms with E-state index in [-0.39, 0.29) is 72.2 Å². The van der Waals surface area contributed by atoms with Gasteiger partial charge >= 0.3 is 77.0 Å². The summed E-state index contributed by atoms with van der Waals surface area (Å²) in [6.45, 7) is -2.75. The van der Waals surface area contributed by atoms with Gasteiger partial charge in [0.2, 0.25) is 0 Å². The van der Waals surface area contributed by atoms with Crippen LogP contribution in [0.1, 0.15) is 0 Å². The standard InChI is InChI=1S/C10H16N2O8.C2HCl3O2.2Na/c13-7(14)3-11(4-8(15)16)1-2-12(5-9(17)18)6-10(19)20;3-2(4,5)1(6)7;;/h1-6H2,(H,13,14)(H,15,16)(H,17,18)(H,19,20);(H,6,7);;/q;;2*+1/p-2. The quantitative estimate of drug-likeness (QED) is 0.179. The summed E-state index contributed by atoms with van der Waals surface area (Å²) < 4.78 is -2.17. The normalized spacial score (nSPS) is 10.1. The van der Waals surface area contributed by atoms with Crippen LogP contribution >= 0.6 is 34.8 Å². The number of rotatable bonds is 11. The predicted octanol–water partition coefficient (Wildman–Crippen LogP) is -9.29. The van der Waals surface area contributed by atoms with Gasteiger partial charge in [-0.05, 0) is 0 Å². The fourth-order valence-electron chi connectivity index (χ4n) is 1.46. The summed E-state index contributed by atoms with van der Waals surface area (Å²) >= 11 is 14.4. The molecule has 0 rings (SSSR count). The van der Waals surface area contributed by atoms with E-state index in [0.717, 1.165) is 9.80 Å². The average molecular weight is 500 g/mol. The van der Waals surface area contributed by atoms with Crippen molar-refractivity contribution in [2.24, 2.45) is 0 Å². The van der Waals surface area contributed by atoms with E-state index < -0.39 is 59.8 Å². The van der Waals surface area contributed by atoms with Gasteiger partial charge in [0.05, 0.1) is 25.0 Å². The van der Waals surface area contributed by atoms with Crippen molar-refractivity contribution >= 4 is 64.6 Å². The molecule has 0 aliphatic heterocycles.